The van der Waals surface area contributed by atoms with Crippen LogP contribution in [0.3, 0.4) is 0 Å². The zero-order valence-corrected chi connectivity index (χ0v) is 26.2. The molecule has 0 unspecified atom stereocenters. The van der Waals surface area contributed by atoms with Gasteiger partial charge in [-0.15, -0.1) is 6.58 Å². The molecule has 0 N–H and O–H groups in total. The minimum absolute atomic E-state index is 0.0740. The van der Waals surface area contributed by atoms with Crippen LogP contribution in [0.15, 0.2) is 79.4 Å². The zero-order valence-electron chi connectivity index (χ0n) is 26.2. The summed E-state index contributed by atoms with van der Waals surface area (Å²) in [4.78, 5) is 26.1. The molecule has 0 saturated heterocycles. The van der Waals surface area contributed by atoms with Crippen molar-refractivity contribution in [1.82, 2.24) is 0 Å². The van der Waals surface area contributed by atoms with Gasteiger partial charge in [0.25, 0.3) is 0 Å². The summed E-state index contributed by atoms with van der Waals surface area (Å²) in [6.45, 7) is 9.81. The molecule has 0 atom stereocenters. The summed E-state index contributed by atoms with van der Waals surface area (Å²) < 4.78 is 28.7. The molecule has 0 radical (unpaired) electrons. The van der Waals surface area contributed by atoms with Crippen molar-refractivity contribution < 1.29 is 33.3 Å². The van der Waals surface area contributed by atoms with E-state index in [9.17, 15) is 9.59 Å². The van der Waals surface area contributed by atoms with E-state index in [1.165, 1.54) is 6.07 Å². The van der Waals surface area contributed by atoms with Crippen LogP contribution in [0.2, 0.25) is 0 Å². The van der Waals surface area contributed by atoms with Gasteiger partial charge in [-0.05, 0) is 92.3 Å². The molecular weight excluding hydrogens is 556 g/mol. The van der Waals surface area contributed by atoms with Crippen molar-refractivity contribution in [2.24, 2.45) is 0 Å². The van der Waals surface area contributed by atoms with Gasteiger partial charge in [0.1, 0.15) is 35.2 Å². The number of allylic oxidation sites excluding steroid dienone is 1. The third-order valence-corrected chi connectivity index (χ3v) is 6.86. The Hall–Kier alpha value is -4.26. The third kappa shape index (κ3) is 12.2. The Kier molecular flexibility index (Phi) is 15.4. The van der Waals surface area contributed by atoms with Gasteiger partial charge in [0.2, 0.25) is 0 Å². The Morgan fingerprint density at radius 1 is 0.659 bits per heavy atom. The maximum absolute atomic E-state index is 13.2. The van der Waals surface area contributed by atoms with Crippen molar-refractivity contribution in [3.05, 3.63) is 96.1 Å². The minimum Gasteiger partial charge on any atom is -0.494 e. The molecule has 3 rings (SSSR count). The predicted octanol–water partition coefficient (Wildman–Crippen LogP) is 9.14. The van der Waals surface area contributed by atoms with Crippen molar-refractivity contribution in [1.29, 1.82) is 0 Å². The van der Waals surface area contributed by atoms with Crippen LogP contribution in [-0.2, 0) is 11.3 Å². The molecule has 44 heavy (non-hydrogen) atoms. The molecule has 0 saturated carbocycles. The van der Waals surface area contributed by atoms with E-state index in [1.807, 2.05) is 30.3 Å². The summed E-state index contributed by atoms with van der Waals surface area (Å²) in [5, 5.41) is 0. The molecule has 7 nitrogen and oxygen atoms in total. The second kappa shape index (κ2) is 19.8. The summed E-state index contributed by atoms with van der Waals surface area (Å²) in [5.41, 5.74) is 1.39. The molecule has 0 aromatic heterocycles. The number of benzene rings is 3. The minimum atomic E-state index is -0.569. The lowest BCUT2D eigenvalue weighted by Crippen LogP contribution is -2.12. The number of carbonyl (C=O) groups excluding carboxylic acids is 2. The predicted molar refractivity (Wildman–Crippen MR) is 173 cm³/mol. The zero-order chi connectivity index (χ0) is 31.4. The molecule has 0 aliphatic carbocycles. The standard InChI is InChI=1S/C37H46O7/c1-4-7-10-13-25-41-31-18-14-29(15-19-31)28-43-37(39)34-27-33(22-23-35(34)42-26-12-9-6-3)44-36(38)30-16-20-32(21-17-30)40-24-11-8-5-2/h4,14-23,27H,1,5-13,24-26,28H2,2-3H3. The fourth-order valence-corrected chi connectivity index (χ4v) is 4.28. The lowest BCUT2D eigenvalue weighted by molar-refractivity contribution is 0.0466. The number of ether oxygens (including phenoxy) is 5. The van der Waals surface area contributed by atoms with Gasteiger partial charge in [-0.1, -0.05) is 57.7 Å². The van der Waals surface area contributed by atoms with Crippen molar-refractivity contribution in [2.75, 3.05) is 19.8 Å². The van der Waals surface area contributed by atoms with Crippen LogP contribution in [-0.4, -0.2) is 31.8 Å². The van der Waals surface area contributed by atoms with Crippen molar-refractivity contribution in [2.45, 2.75) is 78.2 Å². The normalized spacial score (nSPS) is 10.6. The van der Waals surface area contributed by atoms with Crippen molar-refractivity contribution in [3.8, 4) is 23.0 Å². The highest BCUT2D eigenvalue weighted by molar-refractivity contribution is 5.94. The smallest absolute Gasteiger partial charge is 0.343 e. The topological polar surface area (TPSA) is 80.3 Å². The fourth-order valence-electron chi connectivity index (χ4n) is 4.28. The van der Waals surface area contributed by atoms with Crippen molar-refractivity contribution in [3.63, 3.8) is 0 Å². The van der Waals surface area contributed by atoms with Gasteiger partial charge in [-0.2, -0.15) is 0 Å². The highest BCUT2D eigenvalue weighted by Crippen LogP contribution is 2.27. The van der Waals surface area contributed by atoms with Gasteiger partial charge in [-0.3, -0.25) is 0 Å². The summed E-state index contributed by atoms with van der Waals surface area (Å²) in [5.74, 6) is 0.966. The van der Waals surface area contributed by atoms with Crippen LogP contribution in [0.1, 0.15) is 97.9 Å². The molecule has 0 amide bonds. The largest absolute Gasteiger partial charge is 0.494 e. The number of hydrogen-bond acceptors (Lipinski definition) is 7. The lowest BCUT2D eigenvalue weighted by Gasteiger charge is -2.13. The van der Waals surface area contributed by atoms with E-state index in [-0.39, 0.29) is 17.9 Å². The van der Waals surface area contributed by atoms with Crippen molar-refractivity contribution >= 4 is 11.9 Å². The van der Waals surface area contributed by atoms with E-state index < -0.39 is 11.9 Å². The van der Waals surface area contributed by atoms with Crippen LogP contribution >= 0.6 is 0 Å². The number of hydrogen-bond donors (Lipinski definition) is 0. The van der Waals surface area contributed by atoms with Crippen LogP contribution in [0, 0.1) is 0 Å². The monoisotopic (exact) mass is 602 g/mol. The van der Waals surface area contributed by atoms with Crippen LogP contribution in [0.25, 0.3) is 0 Å². The third-order valence-electron chi connectivity index (χ3n) is 6.86. The molecule has 0 aliphatic heterocycles. The first-order chi connectivity index (χ1) is 21.5. The van der Waals surface area contributed by atoms with Crippen LogP contribution < -0.4 is 18.9 Å². The maximum Gasteiger partial charge on any atom is 0.343 e. The van der Waals surface area contributed by atoms with Gasteiger partial charge in [-0.25, -0.2) is 9.59 Å². The lowest BCUT2D eigenvalue weighted by atomic mass is 10.1. The first-order valence-corrected chi connectivity index (χ1v) is 15.8. The molecule has 0 aliphatic rings. The second-order valence-electron chi connectivity index (χ2n) is 10.5. The molecule has 0 bridgehead atoms. The Bertz CT molecular complexity index is 1280. The number of rotatable bonds is 21. The summed E-state index contributed by atoms with van der Waals surface area (Å²) in [6.07, 6.45) is 11.1. The van der Waals surface area contributed by atoms with Gasteiger partial charge in [0, 0.05) is 0 Å². The number of esters is 2. The van der Waals surface area contributed by atoms with Crippen LogP contribution in [0.5, 0.6) is 23.0 Å². The molecular formula is C37H46O7. The van der Waals surface area contributed by atoms with E-state index in [0.717, 1.165) is 69.1 Å². The molecule has 7 heteroatoms. The first kappa shape index (κ1) is 34.2. The first-order valence-electron chi connectivity index (χ1n) is 15.8. The summed E-state index contributed by atoms with van der Waals surface area (Å²) in [6, 6.07) is 19.0. The van der Waals surface area contributed by atoms with E-state index >= 15 is 0 Å². The molecule has 0 fully saturated rings. The van der Waals surface area contributed by atoms with E-state index in [4.69, 9.17) is 23.7 Å². The second-order valence-corrected chi connectivity index (χ2v) is 10.5. The average Bonchev–Trinajstić information content (AvgIpc) is 3.05. The average molecular weight is 603 g/mol. The Labute approximate surface area is 262 Å². The summed E-state index contributed by atoms with van der Waals surface area (Å²) in [7, 11) is 0. The van der Waals surface area contributed by atoms with E-state index in [0.29, 0.717) is 36.9 Å². The SMILES string of the molecule is C=CCCCCOc1ccc(COC(=O)c2cc(OC(=O)c3ccc(OCCCCC)cc3)ccc2OCCCCC)cc1. The molecule has 3 aromatic carbocycles. The van der Waals surface area contributed by atoms with Gasteiger partial charge < -0.3 is 23.7 Å². The number of unbranched alkanes of at least 4 members (excludes halogenated alkanes) is 6. The maximum atomic E-state index is 13.2. The number of carbonyl (C=O) groups is 2. The highest BCUT2D eigenvalue weighted by Gasteiger charge is 2.18. The van der Waals surface area contributed by atoms with Gasteiger partial charge in [0.15, 0.2) is 0 Å². The van der Waals surface area contributed by atoms with E-state index in [1.54, 1.807) is 36.4 Å². The Balaban J connectivity index is 1.62. The quantitative estimate of drug-likeness (QED) is 0.0520. The fraction of sp³-hybridized carbons (Fsp3) is 0.405. The Morgan fingerprint density at radius 2 is 1.23 bits per heavy atom. The van der Waals surface area contributed by atoms with E-state index in [2.05, 4.69) is 20.4 Å². The summed E-state index contributed by atoms with van der Waals surface area (Å²) >= 11 is 0. The Morgan fingerprint density at radius 3 is 1.84 bits per heavy atom. The highest BCUT2D eigenvalue weighted by atomic mass is 16.5. The molecule has 0 heterocycles. The van der Waals surface area contributed by atoms with Crippen LogP contribution in [0.4, 0.5) is 0 Å². The van der Waals surface area contributed by atoms with Gasteiger partial charge in [0.05, 0.1) is 25.4 Å². The molecule has 0 spiro atoms. The molecule has 3 aromatic rings. The van der Waals surface area contributed by atoms with Gasteiger partial charge >= 0.3 is 11.9 Å². The molecule has 236 valence electrons.